The molecule has 0 atom stereocenters. The zero-order chi connectivity index (χ0) is 16.4. The Morgan fingerprint density at radius 2 is 2.00 bits per heavy atom. The van der Waals surface area contributed by atoms with Crippen molar-refractivity contribution in [3.63, 3.8) is 0 Å². The molecule has 3 rings (SSSR count). The Morgan fingerprint density at radius 3 is 2.78 bits per heavy atom. The zero-order valence-corrected chi connectivity index (χ0v) is 14.0. The summed E-state index contributed by atoms with van der Waals surface area (Å²) in [6.07, 6.45) is 0. The van der Waals surface area contributed by atoms with Crippen LogP contribution < -0.4 is 16.1 Å². The highest BCUT2D eigenvalue weighted by Gasteiger charge is 2.10. The van der Waals surface area contributed by atoms with Crippen molar-refractivity contribution in [3.05, 3.63) is 73.5 Å². The first-order chi connectivity index (χ1) is 11.0. The van der Waals surface area contributed by atoms with Crippen LogP contribution in [0, 0.1) is 6.92 Å². The molecule has 0 aliphatic rings. The van der Waals surface area contributed by atoms with Gasteiger partial charge in [0.1, 0.15) is 12.4 Å². The van der Waals surface area contributed by atoms with Crippen molar-refractivity contribution in [3.8, 4) is 5.75 Å². The monoisotopic (exact) mass is 375 g/mol. The van der Waals surface area contributed by atoms with Gasteiger partial charge in [0.25, 0.3) is 0 Å². The molecule has 23 heavy (non-hydrogen) atoms. The lowest BCUT2D eigenvalue weighted by atomic mass is 10.2. The molecular weight excluding hydrogens is 362 g/mol. The lowest BCUT2D eigenvalue weighted by molar-refractivity contribution is 0.287. The van der Waals surface area contributed by atoms with Crippen molar-refractivity contribution in [1.29, 1.82) is 0 Å². The molecule has 0 unspecified atom stereocenters. The minimum Gasteiger partial charge on any atom is -0.492 e. The van der Waals surface area contributed by atoms with Gasteiger partial charge < -0.3 is 9.15 Å². The van der Waals surface area contributed by atoms with E-state index in [1.807, 2.05) is 31.2 Å². The van der Waals surface area contributed by atoms with Crippen LogP contribution in [0.25, 0.3) is 10.9 Å². The molecular formula is C17H14BrNO4. The molecule has 118 valence electrons. The molecule has 3 aromatic rings. The van der Waals surface area contributed by atoms with Crippen molar-refractivity contribution in [1.82, 2.24) is 4.57 Å². The van der Waals surface area contributed by atoms with Gasteiger partial charge in [0.2, 0.25) is 0 Å². The lowest BCUT2D eigenvalue weighted by Gasteiger charge is -2.10. The first-order valence-corrected chi connectivity index (χ1v) is 7.86. The van der Waals surface area contributed by atoms with Crippen LogP contribution in [0.2, 0.25) is 0 Å². The summed E-state index contributed by atoms with van der Waals surface area (Å²) in [6, 6.07) is 12.8. The van der Waals surface area contributed by atoms with Crippen molar-refractivity contribution in [2.75, 3.05) is 6.61 Å². The van der Waals surface area contributed by atoms with Crippen molar-refractivity contribution < 1.29 is 9.15 Å². The van der Waals surface area contributed by atoms with E-state index in [1.54, 1.807) is 18.2 Å². The summed E-state index contributed by atoms with van der Waals surface area (Å²) in [6.45, 7) is 2.56. The van der Waals surface area contributed by atoms with Gasteiger partial charge >= 0.3 is 11.4 Å². The number of hydrogen-bond donors (Lipinski definition) is 0. The number of fused-ring (bicyclic) bond motifs is 1. The molecule has 0 fully saturated rings. The Balaban J connectivity index is 1.88. The number of hydrogen-bond acceptors (Lipinski definition) is 4. The Labute approximate surface area is 140 Å². The molecule has 0 saturated heterocycles. The number of nitrogens with zero attached hydrogens (tertiary/aromatic N) is 1. The summed E-state index contributed by atoms with van der Waals surface area (Å²) < 4.78 is 12.6. The summed E-state index contributed by atoms with van der Waals surface area (Å²) in [5.74, 6) is 0.0557. The van der Waals surface area contributed by atoms with E-state index in [4.69, 9.17) is 9.15 Å². The van der Waals surface area contributed by atoms with Crippen LogP contribution in [0.1, 0.15) is 5.56 Å². The third kappa shape index (κ3) is 3.37. The number of aromatic nitrogens is 1. The van der Waals surface area contributed by atoms with E-state index < -0.39 is 11.4 Å². The van der Waals surface area contributed by atoms with E-state index in [0.717, 1.165) is 15.8 Å². The second-order valence-electron chi connectivity index (χ2n) is 5.13. The Hall–Kier alpha value is -2.34. The number of halogens is 1. The van der Waals surface area contributed by atoms with E-state index in [-0.39, 0.29) is 6.54 Å². The molecule has 0 bridgehead atoms. The third-order valence-corrected chi connectivity index (χ3v) is 3.94. The number of benzene rings is 2. The Morgan fingerprint density at radius 1 is 1.17 bits per heavy atom. The fourth-order valence-electron chi connectivity index (χ4n) is 2.37. The van der Waals surface area contributed by atoms with Crippen molar-refractivity contribution >= 4 is 26.8 Å². The van der Waals surface area contributed by atoms with Gasteiger partial charge in [-0.15, -0.1) is 0 Å². The van der Waals surface area contributed by atoms with E-state index in [0.29, 0.717) is 17.5 Å². The average molecular weight is 376 g/mol. The highest BCUT2D eigenvalue weighted by molar-refractivity contribution is 9.10. The first kappa shape index (κ1) is 15.6. The number of ether oxygens (including phenoxy) is 1. The summed E-state index contributed by atoms with van der Waals surface area (Å²) >= 11 is 3.31. The van der Waals surface area contributed by atoms with Gasteiger partial charge in [0.05, 0.1) is 17.4 Å². The predicted molar refractivity (Wildman–Crippen MR) is 91.1 cm³/mol. The summed E-state index contributed by atoms with van der Waals surface area (Å²) in [5.41, 5.74) is 0.991. The minimum atomic E-state index is -0.683. The summed E-state index contributed by atoms with van der Waals surface area (Å²) in [5, 5.41) is 0.356. The average Bonchev–Trinajstić information content (AvgIpc) is 2.51. The fraction of sp³-hybridized carbons (Fsp3) is 0.176. The molecule has 2 aromatic carbocycles. The largest absolute Gasteiger partial charge is 0.492 e. The smallest absolute Gasteiger partial charge is 0.422 e. The highest BCUT2D eigenvalue weighted by Crippen LogP contribution is 2.16. The third-order valence-electron chi connectivity index (χ3n) is 3.44. The highest BCUT2D eigenvalue weighted by atomic mass is 79.9. The van der Waals surface area contributed by atoms with Crippen LogP contribution >= 0.6 is 15.9 Å². The molecule has 0 radical (unpaired) electrons. The Bertz CT molecular complexity index is 974. The minimum absolute atomic E-state index is 0.286. The topological polar surface area (TPSA) is 61.4 Å². The molecule has 5 nitrogen and oxygen atoms in total. The maximum atomic E-state index is 12.0. The van der Waals surface area contributed by atoms with E-state index >= 15 is 0 Å². The lowest BCUT2D eigenvalue weighted by Crippen LogP contribution is -2.27. The molecule has 0 amide bonds. The summed E-state index contributed by atoms with van der Waals surface area (Å²) in [7, 11) is 0. The molecule has 6 heteroatoms. The number of rotatable bonds is 4. The van der Waals surface area contributed by atoms with Crippen LogP contribution in [0.15, 0.2) is 60.9 Å². The summed E-state index contributed by atoms with van der Waals surface area (Å²) in [4.78, 5) is 23.8. The fourth-order valence-corrected chi connectivity index (χ4v) is 2.73. The van der Waals surface area contributed by atoms with Gasteiger partial charge in [0, 0.05) is 4.47 Å². The van der Waals surface area contributed by atoms with E-state index in [9.17, 15) is 9.59 Å². The van der Waals surface area contributed by atoms with Crippen LogP contribution in [0.4, 0.5) is 0 Å². The molecule has 0 aliphatic heterocycles. The molecule has 0 saturated carbocycles. The van der Waals surface area contributed by atoms with E-state index in [2.05, 4.69) is 15.9 Å². The first-order valence-electron chi connectivity index (χ1n) is 7.07. The predicted octanol–water partition coefficient (Wildman–Crippen LogP) is 3.10. The van der Waals surface area contributed by atoms with Gasteiger partial charge in [0.15, 0.2) is 0 Å². The van der Waals surface area contributed by atoms with Crippen LogP contribution in [-0.2, 0) is 6.54 Å². The van der Waals surface area contributed by atoms with Gasteiger partial charge in [-0.25, -0.2) is 9.59 Å². The van der Waals surface area contributed by atoms with Crippen molar-refractivity contribution in [2.45, 2.75) is 13.5 Å². The van der Waals surface area contributed by atoms with Gasteiger partial charge in [-0.05, 0) is 42.8 Å². The van der Waals surface area contributed by atoms with E-state index in [1.165, 1.54) is 4.57 Å². The molecule has 1 aromatic heterocycles. The second kappa shape index (κ2) is 6.42. The second-order valence-corrected chi connectivity index (χ2v) is 6.05. The van der Waals surface area contributed by atoms with Crippen LogP contribution in [0.3, 0.4) is 0 Å². The SMILES string of the molecule is Cc1cccc(OCCn2c(=O)oc(=O)c3cc(Br)ccc32)c1. The molecule has 0 N–H and O–H groups in total. The Kier molecular flexibility index (Phi) is 4.34. The maximum absolute atomic E-state index is 12.0. The number of aryl methyl sites for hydroxylation is 1. The van der Waals surface area contributed by atoms with Crippen LogP contribution in [0.5, 0.6) is 5.75 Å². The molecule has 0 spiro atoms. The van der Waals surface area contributed by atoms with Gasteiger partial charge in [-0.2, -0.15) is 0 Å². The molecule has 1 heterocycles. The van der Waals surface area contributed by atoms with Crippen molar-refractivity contribution in [2.24, 2.45) is 0 Å². The maximum Gasteiger partial charge on any atom is 0.422 e. The normalized spacial score (nSPS) is 10.9. The molecule has 0 aliphatic carbocycles. The standard InChI is InChI=1S/C17H14BrNO4/c1-11-3-2-4-13(9-11)22-8-7-19-15-6-5-12(18)10-14(15)16(20)23-17(19)21/h2-6,9-10H,7-8H2,1H3. The van der Waals surface area contributed by atoms with Crippen LogP contribution in [-0.4, -0.2) is 11.2 Å². The van der Waals surface area contributed by atoms with Gasteiger partial charge in [-0.3, -0.25) is 4.57 Å². The zero-order valence-electron chi connectivity index (χ0n) is 12.4. The quantitative estimate of drug-likeness (QED) is 0.702. The van der Waals surface area contributed by atoms with Gasteiger partial charge in [-0.1, -0.05) is 28.1 Å².